The van der Waals surface area contributed by atoms with E-state index in [4.69, 9.17) is 4.74 Å². The van der Waals surface area contributed by atoms with E-state index in [1.54, 1.807) is 36.8 Å². The lowest BCUT2D eigenvalue weighted by atomic mass is 9.95. The Bertz CT molecular complexity index is 1140. The molecular formula is C24H22FN3O4. The first-order valence-corrected chi connectivity index (χ1v) is 10.1. The third-order valence-corrected chi connectivity index (χ3v) is 5.46. The highest BCUT2D eigenvalue weighted by molar-refractivity contribution is 6.46. The molecule has 4 rings (SSSR count). The van der Waals surface area contributed by atoms with Crippen LogP contribution < -0.4 is 4.74 Å². The zero-order chi connectivity index (χ0) is 22.7. The number of carbonyl (C=O) groups excluding carboxylic acids is 2. The molecule has 1 fully saturated rings. The van der Waals surface area contributed by atoms with Crippen molar-refractivity contribution in [1.29, 1.82) is 0 Å². The molecule has 1 aromatic heterocycles. The second-order valence-corrected chi connectivity index (χ2v) is 7.43. The zero-order valence-corrected chi connectivity index (χ0v) is 17.4. The molecule has 3 aromatic rings. The van der Waals surface area contributed by atoms with Crippen molar-refractivity contribution in [3.05, 3.63) is 89.8 Å². The van der Waals surface area contributed by atoms with E-state index in [1.807, 2.05) is 10.8 Å². The molecule has 1 saturated heterocycles. The zero-order valence-electron chi connectivity index (χ0n) is 17.4. The molecule has 0 bridgehead atoms. The highest BCUT2D eigenvalue weighted by atomic mass is 19.1. The Hall–Kier alpha value is -3.94. The number of hydrogen-bond acceptors (Lipinski definition) is 5. The van der Waals surface area contributed by atoms with Crippen molar-refractivity contribution >= 4 is 17.4 Å². The fourth-order valence-corrected chi connectivity index (χ4v) is 3.85. The number of Topliss-reactive ketones (excluding diaryl/α,β-unsaturated/α-hetero) is 1. The second-order valence-electron chi connectivity index (χ2n) is 7.43. The number of likely N-dealkylation sites (tertiary alicyclic amines) is 1. The van der Waals surface area contributed by atoms with Crippen molar-refractivity contribution in [2.24, 2.45) is 0 Å². The molecule has 1 atom stereocenters. The fraction of sp³-hybridized carbons (Fsp3) is 0.208. The maximum absolute atomic E-state index is 13.5. The average molecular weight is 435 g/mol. The molecule has 164 valence electrons. The molecule has 2 heterocycles. The Morgan fingerprint density at radius 3 is 2.44 bits per heavy atom. The summed E-state index contributed by atoms with van der Waals surface area (Å²) in [5.41, 5.74) is 0.909. The smallest absolute Gasteiger partial charge is 0.295 e. The van der Waals surface area contributed by atoms with Gasteiger partial charge in [-0.05, 0) is 48.4 Å². The van der Waals surface area contributed by atoms with Crippen molar-refractivity contribution in [1.82, 2.24) is 14.5 Å². The summed E-state index contributed by atoms with van der Waals surface area (Å²) in [6.07, 6.45) is 5.73. The van der Waals surface area contributed by atoms with Gasteiger partial charge in [-0.15, -0.1) is 0 Å². The number of benzene rings is 2. The summed E-state index contributed by atoms with van der Waals surface area (Å²) in [5.74, 6) is -1.58. The van der Waals surface area contributed by atoms with E-state index in [0.717, 1.165) is 0 Å². The van der Waals surface area contributed by atoms with Crippen LogP contribution in [-0.4, -0.2) is 44.9 Å². The van der Waals surface area contributed by atoms with Gasteiger partial charge in [0.25, 0.3) is 11.7 Å². The van der Waals surface area contributed by atoms with Crippen LogP contribution in [0.25, 0.3) is 5.76 Å². The number of hydrogen-bond donors (Lipinski definition) is 1. The van der Waals surface area contributed by atoms with Gasteiger partial charge in [0.1, 0.15) is 17.3 Å². The number of ether oxygens (including phenoxy) is 1. The van der Waals surface area contributed by atoms with Gasteiger partial charge in [0, 0.05) is 31.0 Å². The highest BCUT2D eigenvalue weighted by Gasteiger charge is 2.45. The maximum Gasteiger partial charge on any atom is 0.295 e. The van der Waals surface area contributed by atoms with Gasteiger partial charge in [0.15, 0.2) is 0 Å². The second kappa shape index (κ2) is 9.05. The Morgan fingerprint density at radius 2 is 1.81 bits per heavy atom. The van der Waals surface area contributed by atoms with Gasteiger partial charge in [-0.1, -0.05) is 12.1 Å². The Kier molecular flexibility index (Phi) is 6.02. The van der Waals surface area contributed by atoms with Crippen molar-refractivity contribution in [3.63, 3.8) is 0 Å². The number of rotatable bonds is 7. The van der Waals surface area contributed by atoms with Gasteiger partial charge in [-0.25, -0.2) is 9.37 Å². The molecule has 0 aliphatic carbocycles. The molecule has 7 nitrogen and oxygen atoms in total. The standard InChI is InChI=1S/C24H22FN3O4/c1-32-19-9-5-17(6-10-19)22(29)20-21(16-3-7-18(25)8-4-16)28(24(31)23(20)30)13-2-12-27-14-11-26-15-27/h3-11,14-15,21,29H,2,12-13H2,1H3/b22-20-. The predicted octanol–water partition coefficient (Wildman–Crippen LogP) is 3.54. The van der Waals surface area contributed by atoms with E-state index in [-0.39, 0.29) is 17.9 Å². The average Bonchev–Trinajstić information content (AvgIpc) is 3.41. The quantitative estimate of drug-likeness (QED) is 0.349. The molecule has 1 unspecified atom stereocenters. The minimum absolute atomic E-state index is 0.0191. The van der Waals surface area contributed by atoms with Gasteiger partial charge in [0.2, 0.25) is 0 Å². The van der Waals surface area contributed by atoms with Crippen LogP contribution in [0.5, 0.6) is 5.75 Å². The molecule has 1 amide bonds. The number of aromatic nitrogens is 2. The number of aryl methyl sites for hydroxylation is 1. The van der Waals surface area contributed by atoms with E-state index >= 15 is 0 Å². The van der Waals surface area contributed by atoms with Gasteiger partial charge in [0.05, 0.1) is 25.1 Å². The number of nitrogens with zero attached hydrogens (tertiary/aromatic N) is 3. The first-order chi connectivity index (χ1) is 15.5. The summed E-state index contributed by atoms with van der Waals surface area (Å²) in [6, 6.07) is 11.3. The van der Waals surface area contributed by atoms with Gasteiger partial charge < -0.3 is 19.3 Å². The molecule has 1 N–H and O–H groups in total. The normalized spacial score (nSPS) is 17.7. The number of amides is 1. The molecule has 0 saturated carbocycles. The first kappa shape index (κ1) is 21.3. The van der Waals surface area contributed by atoms with Crippen LogP contribution in [0.3, 0.4) is 0 Å². The molecular weight excluding hydrogens is 413 g/mol. The number of imidazole rings is 1. The van der Waals surface area contributed by atoms with E-state index in [9.17, 15) is 19.1 Å². The number of carbonyl (C=O) groups is 2. The number of methoxy groups -OCH3 is 1. The number of aliphatic hydroxyl groups is 1. The number of halogens is 1. The van der Waals surface area contributed by atoms with Crippen molar-refractivity contribution in [3.8, 4) is 5.75 Å². The van der Waals surface area contributed by atoms with Crippen LogP contribution in [0.2, 0.25) is 0 Å². The monoisotopic (exact) mass is 435 g/mol. The van der Waals surface area contributed by atoms with Crippen LogP contribution in [0.15, 0.2) is 72.8 Å². The Balaban J connectivity index is 1.71. The summed E-state index contributed by atoms with van der Waals surface area (Å²) in [4.78, 5) is 31.3. The number of aliphatic hydroxyl groups excluding tert-OH is 1. The molecule has 0 radical (unpaired) electrons. The molecule has 1 aliphatic rings. The summed E-state index contributed by atoms with van der Waals surface area (Å²) in [5, 5.41) is 11.0. The summed E-state index contributed by atoms with van der Waals surface area (Å²) >= 11 is 0. The van der Waals surface area contributed by atoms with Gasteiger partial charge in [-0.3, -0.25) is 9.59 Å². The van der Waals surface area contributed by atoms with Crippen LogP contribution in [0, 0.1) is 5.82 Å². The summed E-state index contributed by atoms with van der Waals surface area (Å²) in [7, 11) is 1.53. The fourth-order valence-electron chi connectivity index (χ4n) is 3.85. The largest absolute Gasteiger partial charge is 0.507 e. The minimum Gasteiger partial charge on any atom is -0.507 e. The van der Waals surface area contributed by atoms with Crippen molar-refractivity contribution < 1.29 is 23.8 Å². The van der Waals surface area contributed by atoms with Gasteiger partial charge in [-0.2, -0.15) is 0 Å². The Labute approximate surface area is 184 Å². The lowest BCUT2D eigenvalue weighted by Crippen LogP contribution is -2.31. The number of ketones is 1. The van der Waals surface area contributed by atoms with E-state index in [2.05, 4.69) is 4.98 Å². The van der Waals surface area contributed by atoms with Crippen molar-refractivity contribution in [2.75, 3.05) is 13.7 Å². The third-order valence-electron chi connectivity index (χ3n) is 5.46. The molecule has 8 heteroatoms. The van der Waals surface area contributed by atoms with Crippen LogP contribution in [-0.2, 0) is 16.1 Å². The van der Waals surface area contributed by atoms with Crippen LogP contribution >= 0.6 is 0 Å². The van der Waals surface area contributed by atoms with E-state index in [1.165, 1.54) is 36.3 Å². The maximum atomic E-state index is 13.5. The molecule has 0 spiro atoms. The molecule has 1 aliphatic heterocycles. The van der Waals surface area contributed by atoms with Crippen LogP contribution in [0.4, 0.5) is 4.39 Å². The van der Waals surface area contributed by atoms with Crippen LogP contribution in [0.1, 0.15) is 23.6 Å². The Morgan fingerprint density at radius 1 is 1.09 bits per heavy atom. The summed E-state index contributed by atoms with van der Waals surface area (Å²) in [6.45, 7) is 0.891. The van der Waals surface area contributed by atoms with E-state index in [0.29, 0.717) is 29.8 Å². The predicted molar refractivity (Wildman–Crippen MR) is 115 cm³/mol. The lowest BCUT2D eigenvalue weighted by molar-refractivity contribution is -0.139. The van der Waals surface area contributed by atoms with E-state index < -0.39 is 23.5 Å². The first-order valence-electron chi connectivity index (χ1n) is 10.1. The third kappa shape index (κ3) is 4.12. The minimum atomic E-state index is -0.819. The molecule has 2 aromatic carbocycles. The molecule has 32 heavy (non-hydrogen) atoms. The highest BCUT2D eigenvalue weighted by Crippen LogP contribution is 2.39. The topological polar surface area (TPSA) is 84.7 Å². The summed E-state index contributed by atoms with van der Waals surface area (Å²) < 4.78 is 20.6. The van der Waals surface area contributed by atoms with Gasteiger partial charge >= 0.3 is 0 Å². The SMILES string of the molecule is COc1ccc(/C(O)=C2/C(=O)C(=O)N(CCCn3ccnc3)C2c2ccc(F)cc2)cc1. The lowest BCUT2D eigenvalue weighted by Gasteiger charge is -2.25. The van der Waals surface area contributed by atoms with Crippen molar-refractivity contribution in [2.45, 2.75) is 19.0 Å².